The van der Waals surface area contributed by atoms with Crippen molar-refractivity contribution in [1.29, 1.82) is 0 Å². The summed E-state index contributed by atoms with van der Waals surface area (Å²) in [5, 5.41) is 0. The Morgan fingerprint density at radius 1 is 1.14 bits per heavy atom. The van der Waals surface area contributed by atoms with E-state index in [1.165, 1.54) is 0 Å². The van der Waals surface area contributed by atoms with Crippen LogP contribution in [-0.4, -0.2) is 40.8 Å². The first-order valence-corrected chi connectivity index (χ1v) is 9.33. The minimum absolute atomic E-state index is 0.0694. The number of morpholine rings is 1. The molecule has 1 aromatic rings. The number of hydrogen-bond acceptors (Lipinski definition) is 4. The predicted octanol–water partition coefficient (Wildman–Crippen LogP) is 1.71. The van der Waals surface area contributed by atoms with Crippen molar-refractivity contribution in [2.24, 2.45) is 0 Å². The highest BCUT2D eigenvalue weighted by Crippen LogP contribution is 2.22. The molecule has 22 heavy (non-hydrogen) atoms. The smallest absolute Gasteiger partial charge is 0.299 e. The van der Waals surface area contributed by atoms with Crippen molar-refractivity contribution >= 4 is 21.6 Å². The fourth-order valence-electron chi connectivity index (χ4n) is 3.04. The molecular formula is C15H23N3O3S. The quantitative estimate of drug-likeness (QED) is 0.865. The van der Waals surface area contributed by atoms with Gasteiger partial charge in [-0.25, -0.2) is 0 Å². The van der Waals surface area contributed by atoms with Crippen molar-refractivity contribution in [2.45, 2.75) is 31.7 Å². The highest BCUT2D eigenvalue weighted by atomic mass is 32.2. The molecular weight excluding hydrogens is 302 g/mol. The third kappa shape index (κ3) is 4.12. The zero-order valence-corrected chi connectivity index (χ0v) is 13.4. The van der Waals surface area contributed by atoms with Gasteiger partial charge in [0, 0.05) is 24.8 Å². The highest BCUT2D eigenvalue weighted by Gasteiger charge is 2.21. The number of rotatable bonds is 5. The average molecular weight is 325 g/mol. The number of ether oxygens (including phenoxy) is 1. The summed E-state index contributed by atoms with van der Waals surface area (Å²) in [7, 11) is -3.51. The van der Waals surface area contributed by atoms with Crippen LogP contribution in [0, 0.1) is 0 Å². The molecule has 1 aromatic carbocycles. The number of benzene rings is 1. The predicted molar refractivity (Wildman–Crippen MR) is 87.4 cm³/mol. The second-order valence-corrected chi connectivity index (χ2v) is 7.30. The van der Waals surface area contributed by atoms with Crippen molar-refractivity contribution in [2.75, 3.05) is 35.9 Å². The maximum Gasteiger partial charge on any atom is 0.299 e. The van der Waals surface area contributed by atoms with Crippen molar-refractivity contribution < 1.29 is 13.2 Å². The summed E-state index contributed by atoms with van der Waals surface area (Å²) in [4.78, 5) is 2.20. The van der Waals surface area contributed by atoms with Crippen LogP contribution >= 0.6 is 0 Å². The first kappa shape index (κ1) is 15.6. The summed E-state index contributed by atoms with van der Waals surface area (Å²) in [6, 6.07) is 7.59. The van der Waals surface area contributed by atoms with E-state index in [1.807, 2.05) is 18.2 Å². The number of nitrogens with one attached hydrogen (secondary N) is 2. The van der Waals surface area contributed by atoms with Gasteiger partial charge in [0.1, 0.15) is 0 Å². The van der Waals surface area contributed by atoms with Gasteiger partial charge in [0.05, 0.1) is 18.9 Å². The molecule has 2 fully saturated rings. The summed E-state index contributed by atoms with van der Waals surface area (Å²) < 4.78 is 35.1. The molecule has 3 rings (SSSR count). The van der Waals surface area contributed by atoms with E-state index in [2.05, 4.69) is 14.3 Å². The Morgan fingerprint density at radius 2 is 1.86 bits per heavy atom. The Hall–Kier alpha value is -1.31. The standard InChI is InChI=1S/C15H23N3O3S/c19-22(20,16-13-4-1-2-5-13)17-14-6-3-7-15(12-14)18-8-10-21-11-9-18/h3,6-7,12-13,16-17H,1-2,4-5,8-11H2. The maximum atomic E-state index is 12.2. The second-order valence-electron chi connectivity index (χ2n) is 5.85. The normalized spacial score (nSPS) is 20.3. The molecule has 0 atom stereocenters. The molecule has 2 aliphatic rings. The first-order valence-electron chi connectivity index (χ1n) is 7.85. The van der Waals surface area contributed by atoms with Gasteiger partial charge in [-0.1, -0.05) is 18.9 Å². The molecule has 0 bridgehead atoms. The average Bonchev–Trinajstić information content (AvgIpc) is 3.00. The molecule has 0 aromatic heterocycles. The summed E-state index contributed by atoms with van der Waals surface area (Å²) in [6.45, 7) is 3.07. The largest absolute Gasteiger partial charge is 0.378 e. The Kier molecular flexibility index (Phi) is 4.85. The third-order valence-corrected chi connectivity index (χ3v) is 5.30. The molecule has 0 spiro atoms. The highest BCUT2D eigenvalue weighted by molar-refractivity contribution is 7.90. The van der Waals surface area contributed by atoms with Crippen molar-refractivity contribution in [3.05, 3.63) is 24.3 Å². The molecule has 6 nitrogen and oxygen atoms in total. The number of hydrogen-bond donors (Lipinski definition) is 2. The van der Waals surface area contributed by atoms with Gasteiger partial charge in [-0.3, -0.25) is 4.72 Å². The van der Waals surface area contributed by atoms with Gasteiger partial charge >= 0.3 is 0 Å². The van der Waals surface area contributed by atoms with E-state index in [0.29, 0.717) is 18.9 Å². The van der Waals surface area contributed by atoms with Crippen LogP contribution in [0.3, 0.4) is 0 Å². The first-order chi connectivity index (χ1) is 10.6. The van der Waals surface area contributed by atoms with E-state index >= 15 is 0 Å². The minimum Gasteiger partial charge on any atom is -0.378 e. The van der Waals surface area contributed by atoms with Crippen molar-refractivity contribution in [3.63, 3.8) is 0 Å². The van der Waals surface area contributed by atoms with Crippen molar-refractivity contribution in [1.82, 2.24) is 4.72 Å². The third-order valence-electron chi connectivity index (χ3n) is 4.15. The molecule has 1 aliphatic carbocycles. The molecule has 7 heteroatoms. The van der Waals surface area contributed by atoms with Crippen molar-refractivity contribution in [3.8, 4) is 0 Å². The van der Waals surface area contributed by atoms with Crippen LogP contribution in [0.5, 0.6) is 0 Å². The van der Waals surface area contributed by atoms with Crippen LogP contribution in [-0.2, 0) is 14.9 Å². The van der Waals surface area contributed by atoms with Gasteiger partial charge in [0.25, 0.3) is 10.2 Å². The number of anilines is 2. The molecule has 1 heterocycles. The van der Waals surface area contributed by atoms with Crippen LogP contribution in [0.1, 0.15) is 25.7 Å². The van der Waals surface area contributed by atoms with Crippen LogP contribution in [0.25, 0.3) is 0 Å². The topological polar surface area (TPSA) is 70.7 Å². The number of nitrogens with zero attached hydrogens (tertiary/aromatic N) is 1. The van der Waals surface area contributed by atoms with Crippen LogP contribution < -0.4 is 14.3 Å². The van der Waals surface area contributed by atoms with E-state index in [9.17, 15) is 8.42 Å². The lowest BCUT2D eigenvalue weighted by Gasteiger charge is -2.29. The molecule has 2 N–H and O–H groups in total. The van der Waals surface area contributed by atoms with Gasteiger partial charge in [0.2, 0.25) is 0 Å². The van der Waals surface area contributed by atoms with Gasteiger partial charge in [-0.05, 0) is 31.0 Å². The van der Waals surface area contributed by atoms with Gasteiger partial charge < -0.3 is 9.64 Å². The van der Waals surface area contributed by atoms with Gasteiger partial charge in [-0.15, -0.1) is 0 Å². The SMILES string of the molecule is O=S(=O)(Nc1cccc(N2CCOCC2)c1)NC1CCCC1. The van der Waals surface area contributed by atoms with E-state index in [4.69, 9.17) is 4.74 Å². The summed E-state index contributed by atoms with van der Waals surface area (Å²) in [5.41, 5.74) is 1.61. The lowest BCUT2D eigenvalue weighted by molar-refractivity contribution is 0.122. The summed E-state index contributed by atoms with van der Waals surface area (Å²) in [6.07, 6.45) is 4.04. The Morgan fingerprint density at radius 3 is 2.59 bits per heavy atom. The zero-order chi connectivity index (χ0) is 15.4. The molecule has 122 valence electrons. The molecule has 0 amide bonds. The summed E-state index contributed by atoms with van der Waals surface area (Å²) >= 11 is 0. The molecule has 1 aliphatic heterocycles. The maximum absolute atomic E-state index is 12.2. The Labute approximate surface area is 132 Å². The van der Waals surface area contributed by atoms with Gasteiger partial charge in [-0.2, -0.15) is 13.1 Å². The van der Waals surface area contributed by atoms with E-state index < -0.39 is 10.2 Å². The molecule has 0 radical (unpaired) electrons. The minimum atomic E-state index is -3.51. The fourth-order valence-corrected chi connectivity index (χ4v) is 4.21. The lowest BCUT2D eigenvalue weighted by Crippen LogP contribution is -2.37. The van der Waals surface area contributed by atoms with E-state index in [-0.39, 0.29) is 6.04 Å². The molecule has 1 saturated carbocycles. The zero-order valence-electron chi connectivity index (χ0n) is 12.6. The van der Waals surface area contributed by atoms with Crippen LogP contribution in [0.4, 0.5) is 11.4 Å². The second kappa shape index (κ2) is 6.85. The molecule has 1 saturated heterocycles. The molecule has 0 unspecified atom stereocenters. The monoisotopic (exact) mass is 325 g/mol. The Balaban J connectivity index is 1.66. The summed E-state index contributed by atoms with van der Waals surface area (Å²) in [5.74, 6) is 0. The van der Waals surface area contributed by atoms with Gasteiger partial charge in [0.15, 0.2) is 0 Å². The fraction of sp³-hybridized carbons (Fsp3) is 0.600. The van der Waals surface area contributed by atoms with E-state index in [0.717, 1.165) is 44.5 Å². The lowest BCUT2D eigenvalue weighted by atomic mass is 10.2. The van der Waals surface area contributed by atoms with E-state index in [1.54, 1.807) is 6.07 Å². The van der Waals surface area contributed by atoms with Crippen LogP contribution in [0.2, 0.25) is 0 Å². The Bertz CT molecular complexity index is 594. The van der Waals surface area contributed by atoms with Crippen LogP contribution in [0.15, 0.2) is 24.3 Å².